The number of rotatable bonds is 2. The van der Waals surface area contributed by atoms with E-state index in [0.29, 0.717) is 15.9 Å². The van der Waals surface area contributed by atoms with E-state index >= 15 is 0 Å². The van der Waals surface area contributed by atoms with Crippen LogP contribution in [0.2, 0.25) is 5.02 Å². The summed E-state index contributed by atoms with van der Waals surface area (Å²) in [5.41, 5.74) is 2.23. The lowest BCUT2D eigenvalue weighted by atomic mass is 10.1. The van der Waals surface area contributed by atoms with Crippen molar-refractivity contribution >= 4 is 33.5 Å². The average Bonchev–Trinajstić information content (AvgIpc) is 2.29. The molecule has 0 aliphatic carbocycles. The first-order chi connectivity index (χ1) is 7.60. The molecule has 0 N–H and O–H groups in total. The van der Waals surface area contributed by atoms with Crippen LogP contribution in [0.15, 0.2) is 12.1 Å². The predicted octanol–water partition coefficient (Wildman–Crippen LogP) is 4.36. The Balaban J connectivity index is 0.00000106. The minimum Gasteiger partial charge on any atom is -0.465 e. The molecule has 1 aromatic rings. The highest BCUT2D eigenvalue weighted by atomic mass is 79.9. The van der Waals surface area contributed by atoms with Crippen LogP contribution in [0, 0.1) is 6.92 Å². The number of hydrogen-bond donors (Lipinski definition) is 0. The Hall–Kier alpha value is -0.540. The van der Waals surface area contributed by atoms with Crippen molar-refractivity contribution in [3.05, 3.63) is 33.8 Å². The Morgan fingerprint density at radius 1 is 1.44 bits per heavy atom. The van der Waals surface area contributed by atoms with Crippen molar-refractivity contribution in [1.29, 1.82) is 0 Å². The first-order valence-electron chi connectivity index (χ1n) is 5.03. The Labute approximate surface area is 110 Å². The predicted molar refractivity (Wildman–Crippen MR) is 71.5 cm³/mol. The lowest BCUT2D eigenvalue weighted by Gasteiger charge is -2.08. The smallest absolute Gasteiger partial charge is 0.338 e. The maximum Gasteiger partial charge on any atom is 0.338 e. The second kappa shape index (κ2) is 7.69. The minimum atomic E-state index is -0.356. The van der Waals surface area contributed by atoms with Crippen LogP contribution < -0.4 is 0 Å². The molecule has 0 saturated carbocycles. The third kappa shape index (κ3) is 3.80. The first kappa shape index (κ1) is 15.5. The molecular formula is C12H16BrClO2. The molecule has 16 heavy (non-hydrogen) atoms. The summed E-state index contributed by atoms with van der Waals surface area (Å²) < 4.78 is 4.67. The molecule has 90 valence electrons. The maximum atomic E-state index is 11.4. The molecule has 1 aromatic carbocycles. The summed E-state index contributed by atoms with van der Waals surface area (Å²) in [5, 5.41) is 1.12. The van der Waals surface area contributed by atoms with Crippen molar-refractivity contribution < 1.29 is 9.53 Å². The summed E-state index contributed by atoms with van der Waals surface area (Å²) in [6.45, 7) is 5.89. The molecule has 0 fully saturated rings. The van der Waals surface area contributed by atoms with Crippen molar-refractivity contribution in [3.8, 4) is 0 Å². The van der Waals surface area contributed by atoms with Crippen LogP contribution in [0.3, 0.4) is 0 Å². The van der Waals surface area contributed by atoms with Gasteiger partial charge in [-0.1, -0.05) is 41.4 Å². The third-order valence-electron chi connectivity index (χ3n) is 1.88. The second-order valence-corrected chi connectivity index (χ2v) is 3.87. The van der Waals surface area contributed by atoms with Crippen molar-refractivity contribution in [2.75, 3.05) is 7.11 Å². The molecule has 0 heterocycles. The van der Waals surface area contributed by atoms with Gasteiger partial charge in [-0.3, -0.25) is 0 Å². The van der Waals surface area contributed by atoms with Gasteiger partial charge in [0, 0.05) is 10.4 Å². The van der Waals surface area contributed by atoms with Gasteiger partial charge in [0.2, 0.25) is 0 Å². The molecular weight excluding hydrogens is 291 g/mol. The quantitative estimate of drug-likeness (QED) is 0.599. The van der Waals surface area contributed by atoms with Crippen LogP contribution in [-0.2, 0) is 10.1 Å². The van der Waals surface area contributed by atoms with Crippen molar-refractivity contribution in [3.63, 3.8) is 0 Å². The molecule has 0 aromatic heterocycles. The van der Waals surface area contributed by atoms with Crippen LogP contribution in [0.4, 0.5) is 0 Å². The van der Waals surface area contributed by atoms with Gasteiger partial charge in [0.25, 0.3) is 0 Å². The largest absolute Gasteiger partial charge is 0.465 e. The number of hydrogen-bond acceptors (Lipinski definition) is 2. The second-order valence-electron chi connectivity index (χ2n) is 2.90. The van der Waals surface area contributed by atoms with E-state index in [4.69, 9.17) is 11.6 Å². The van der Waals surface area contributed by atoms with Crippen molar-refractivity contribution in [2.24, 2.45) is 0 Å². The molecule has 2 nitrogen and oxygen atoms in total. The zero-order valence-corrected chi connectivity index (χ0v) is 12.3. The molecule has 0 saturated heterocycles. The Kier molecular flexibility index (Phi) is 7.43. The molecule has 1 rings (SSSR count). The van der Waals surface area contributed by atoms with E-state index in [9.17, 15) is 4.79 Å². The van der Waals surface area contributed by atoms with Crippen molar-refractivity contribution in [1.82, 2.24) is 0 Å². The number of carbonyl (C=O) groups excluding carboxylic acids is 1. The zero-order valence-electron chi connectivity index (χ0n) is 9.93. The number of methoxy groups -OCH3 is 1. The maximum absolute atomic E-state index is 11.4. The lowest BCUT2D eigenvalue weighted by Crippen LogP contribution is -2.05. The highest BCUT2D eigenvalue weighted by molar-refractivity contribution is 9.08. The summed E-state index contributed by atoms with van der Waals surface area (Å²) in [4.78, 5) is 11.4. The summed E-state index contributed by atoms with van der Waals surface area (Å²) in [5.74, 6) is -0.356. The van der Waals surface area contributed by atoms with Gasteiger partial charge in [0.1, 0.15) is 0 Å². The number of alkyl halides is 1. The number of ether oxygens (including phenoxy) is 1. The zero-order chi connectivity index (χ0) is 12.7. The number of aryl methyl sites for hydroxylation is 1. The third-order valence-corrected chi connectivity index (χ3v) is 2.78. The molecule has 0 atom stereocenters. The van der Waals surface area contributed by atoms with Gasteiger partial charge in [-0.05, 0) is 30.2 Å². The average molecular weight is 308 g/mol. The van der Waals surface area contributed by atoms with Gasteiger partial charge in [0.15, 0.2) is 0 Å². The van der Waals surface area contributed by atoms with Gasteiger partial charge >= 0.3 is 5.97 Å². The Morgan fingerprint density at radius 2 is 2.00 bits per heavy atom. The highest BCUT2D eigenvalue weighted by Crippen LogP contribution is 2.25. The number of carbonyl (C=O) groups is 1. The molecule has 0 aliphatic rings. The van der Waals surface area contributed by atoms with Crippen molar-refractivity contribution in [2.45, 2.75) is 26.1 Å². The summed E-state index contributed by atoms with van der Waals surface area (Å²) >= 11 is 9.29. The van der Waals surface area contributed by atoms with E-state index in [1.54, 1.807) is 6.07 Å². The topological polar surface area (TPSA) is 26.3 Å². The van der Waals surface area contributed by atoms with E-state index in [-0.39, 0.29) is 5.97 Å². The molecule has 0 unspecified atom stereocenters. The van der Waals surface area contributed by atoms with Gasteiger partial charge in [-0.15, -0.1) is 0 Å². The number of benzene rings is 1. The highest BCUT2D eigenvalue weighted by Gasteiger charge is 2.14. The van der Waals surface area contributed by atoms with E-state index in [1.807, 2.05) is 26.8 Å². The number of halogens is 2. The lowest BCUT2D eigenvalue weighted by molar-refractivity contribution is 0.0599. The van der Waals surface area contributed by atoms with Gasteiger partial charge < -0.3 is 4.74 Å². The molecule has 0 aliphatic heterocycles. The van der Waals surface area contributed by atoms with Gasteiger partial charge in [0.05, 0.1) is 12.7 Å². The fourth-order valence-electron chi connectivity index (χ4n) is 1.20. The van der Waals surface area contributed by atoms with Crippen LogP contribution in [-0.4, -0.2) is 13.1 Å². The molecule has 4 heteroatoms. The van der Waals surface area contributed by atoms with E-state index in [2.05, 4.69) is 20.7 Å². The SMILES string of the molecule is CC.COC(=O)c1cc(C)cc(Cl)c1CBr. The number of esters is 1. The van der Waals surface area contributed by atoms with Crippen LogP contribution in [0.5, 0.6) is 0 Å². The Bertz CT molecular complexity index is 364. The van der Waals surface area contributed by atoms with Crippen LogP contribution in [0.1, 0.15) is 35.3 Å². The Morgan fingerprint density at radius 3 is 2.44 bits per heavy atom. The van der Waals surface area contributed by atoms with E-state index in [1.165, 1.54) is 7.11 Å². The van der Waals surface area contributed by atoms with Gasteiger partial charge in [-0.25, -0.2) is 4.79 Å². The summed E-state index contributed by atoms with van der Waals surface area (Å²) in [6, 6.07) is 3.60. The first-order valence-corrected chi connectivity index (χ1v) is 6.53. The monoisotopic (exact) mass is 306 g/mol. The molecule has 0 bridgehead atoms. The fraction of sp³-hybridized carbons (Fsp3) is 0.417. The van der Waals surface area contributed by atoms with Crippen LogP contribution in [0.25, 0.3) is 0 Å². The standard InChI is InChI=1S/C10H10BrClO2.C2H6/c1-6-3-7(10(13)14-2)8(5-11)9(12)4-6;1-2/h3-4H,5H2,1-2H3;1-2H3. The summed E-state index contributed by atoms with van der Waals surface area (Å²) in [7, 11) is 1.36. The molecule has 0 amide bonds. The summed E-state index contributed by atoms with van der Waals surface area (Å²) in [6.07, 6.45) is 0. The normalized spacial score (nSPS) is 9.12. The minimum absolute atomic E-state index is 0.356. The van der Waals surface area contributed by atoms with Gasteiger partial charge in [-0.2, -0.15) is 0 Å². The fourth-order valence-corrected chi connectivity index (χ4v) is 2.31. The molecule has 0 radical (unpaired) electrons. The van der Waals surface area contributed by atoms with E-state index in [0.717, 1.165) is 11.1 Å². The van der Waals surface area contributed by atoms with E-state index < -0.39 is 0 Å². The van der Waals surface area contributed by atoms with Crippen LogP contribution >= 0.6 is 27.5 Å². The molecule has 0 spiro atoms.